The summed E-state index contributed by atoms with van der Waals surface area (Å²) in [6.07, 6.45) is -5.41. The minimum Gasteiger partial charge on any atom is -0.458 e. The van der Waals surface area contributed by atoms with E-state index in [0.717, 1.165) is 0 Å². The Morgan fingerprint density at radius 2 is 2.04 bits per heavy atom. The van der Waals surface area contributed by atoms with Crippen LogP contribution < -0.4 is 0 Å². The molecule has 5 nitrogen and oxygen atoms in total. The Kier molecular flexibility index (Phi) is 5.12. The van der Waals surface area contributed by atoms with E-state index in [1.54, 1.807) is 31.2 Å². The van der Waals surface area contributed by atoms with Crippen LogP contribution in [0.5, 0.6) is 0 Å². The Bertz CT molecular complexity index is 665. The molecule has 0 N–H and O–H groups in total. The van der Waals surface area contributed by atoms with Crippen molar-refractivity contribution in [3.63, 3.8) is 0 Å². The molecule has 2 atom stereocenters. The van der Waals surface area contributed by atoms with E-state index in [1.165, 1.54) is 0 Å². The Labute approximate surface area is 136 Å². The van der Waals surface area contributed by atoms with E-state index in [0.29, 0.717) is 16.0 Å². The largest absolute Gasteiger partial charge is 0.458 e. The van der Waals surface area contributed by atoms with E-state index < -0.39 is 36.6 Å². The number of benzene rings is 1. The zero-order valence-corrected chi connectivity index (χ0v) is 12.8. The lowest BCUT2D eigenvalue weighted by atomic mass is 10.1. The van der Waals surface area contributed by atoms with Crippen molar-refractivity contribution in [2.24, 2.45) is 5.92 Å². The van der Waals surface area contributed by atoms with Gasteiger partial charge in [-0.15, -0.1) is 0 Å². The monoisotopic (exact) mass is 340 g/mol. The van der Waals surface area contributed by atoms with Crippen LogP contribution in [0.3, 0.4) is 0 Å². The third kappa shape index (κ3) is 4.47. The summed E-state index contributed by atoms with van der Waals surface area (Å²) in [7, 11) is 0. The highest BCUT2D eigenvalue weighted by Crippen LogP contribution is 2.26. The fourth-order valence-corrected chi connectivity index (χ4v) is 2.47. The standard InChI is InChI=1S/C16H15F3N2O3/c1-10(12-4-2-11(7-20)3-5-12)24-15(23)13-6-14(22)21(8-13)9-16(17,18)19/h2-5,10,13H,6,8-9H2,1H3/t10-,13-/m1/s1. The molecule has 1 amide bonds. The van der Waals surface area contributed by atoms with Crippen LogP contribution in [-0.2, 0) is 14.3 Å². The number of alkyl halides is 3. The molecule has 8 heteroatoms. The normalized spacial score (nSPS) is 19.0. The van der Waals surface area contributed by atoms with Crippen LogP contribution in [0.1, 0.15) is 30.6 Å². The van der Waals surface area contributed by atoms with E-state index in [1.807, 2.05) is 6.07 Å². The molecule has 24 heavy (non-hydrogen) atoms. The Hall–Kier alpha value is -2.56. The predicted molar refractivity (Wildman–Crippen MR) is 76.4 cm³/mol. The van der Waals surface area contributed by atoms with Crippen LogP contribution in [0, 0.1) is 17.2 Å². The van der Waals surface area contributed by atoms with Gasteiger partial charge in [-0.3, -0.25) is 9.59 Å². The van der Waals surface area contributed by atoms with E-state index in [-0.39, 0.29) is 13.0 Å². The predicted octanol–water partition coefficient (Wildman–Crippen LogP) is 2.57. The number of nitrogens with zero attached hydrogens (tertiary/aromatic N) is 2. The maximum Gasteiger partial charge on any atom is 0.406 e. The van der Waals surface area contributed by atoms with Crippen LogP contribution >= 0.6 is 0 Å². The summed E-state index contributed by atoms with van der Waals surface area (Å²) in [6.45, 7) is -0.0401. The van der Waals surface area contributed by atoms with Gasteiger partial charge in [-0.1, -0.05) is 12.1 Å². The van der Waals surface area contributed by atoms with Crippen LogP contribution in [0.25, 0.3) is 0 Å². The lowest BCUT2D eigenvalue weighted by Gasteiger charge is -2.19. The summed E-state index contributed by atoms with van der Waals surface area (Å²) in [5.41, 5.74) is 1.11. The Morgan fingerprint density at radius 3 is 2.58 bits per heavy atom. The molecular weight excluding hydrogens is 325 g/mol. The fraction of sp³-hybridized carbons (Fsp3) is 0.438. The maximum atomic E-state index is 12.4. The van der Waals surface area contributed by atoms with Crippen LogP contribution in [0.2, 0.25) is 0 Å². The molecule has 2 rings (SSSR count). The first-order valence-corrected chi connectivity index (χ1v) is 7.24. The molecule has 0 saturated carbocycles. The van der Waals surface area contributed by atoms with Gasteiger partial charge in [-0.05, 0) is 24.6 Å². The highest BCUT2D eigenvalue weighted by Gasteiger charge is 2.41. The molecule has 1 heterocycles. The summed E-state index contributed by atoms with van der Waals surface area (Å²) >= 11 is 0. The molecule has 0 radical (unpaired) electrons. The molecular formula is C16H15F3N2O3. The zero-order chi connectivity index (χ0) is 17.9. The molecule has 1 saturated heterocycles. The lowest BCUT2D eigenvalue weighted by Crippen LogP contribution is -2.35. The number of carbonyl (C=O) groups is 2. The number of ether oxygens (including phenoxy) is 1. The van der Waals surface area contributed by atoms with Gasteiger partial charge >= 0.3 is 12.1 Å². The fourth-order valence-electron chi connectivity index (χ4n) is 2.47. The third-order valence-corrected chi connectivity index (χ3v) is 3.72. The highest BCUT2D eigenvalue weighted by atomic mass is 19.4. The van der Waals surface area contributed by atoms with Gasteiger partial charge in [0, 0.05) is 13.0 Å². The second-order valence-electron chi connectivity index (χ2n) is 5.60. The van der Waals surface area contributed by atoms with Crippen molar-refractivity contribution in [3.05, 3.63) is 35.4 Å². The maximum absolute atomic E-state index is 12.4. The summed E-state index contributed by atoms with van der Waals surface area (Å²) in [5.74, 6) is -2.31. The number of rotatable bonds is 4. The summed E-state index contributed by atoms with van der Waals surface area (Å²) < 4.78 is 42.3. The number of amides is 1. The number of hydrogen-bond donors (Lipinski definition) is 0. The van der Waals surface area contributed by atoms with Crippen molar-refractivity contribution in [3.8, 4) is 6.07 Å². The summed E-state index contributed by atoms with van der Waals surface area (Å²) in [4.78, 5) is 24.3. The van der Waals surface area contributed by atoms with Crippen molar-refractivity contribution in [1.82, 2.24) is 4.90 Å². The molecule has 0 aliphatic carbocycles. The first kappa shape index (κ1) is 17.8. The average Bonchev–Trinajstić information content (AvgIpc) is 2.86. The van der Waals surface area contributed by atoms with Crippen molar-refractivity contribution in [2.45, 2.75) is 25.6 Å². The van der Waals surface area contributed by atoms with Gasteiger partial charge in [0.1, 0.15) is 12.6 Å². The molecule has 128 valence electrons. The Morgan fingerprint density at radius 1 is 1.42 bits per heavy atom. The lowest BCUT2D eigenvalue weighted by molar-refractivity contribution is -0.158. The van der Waals surface area contributed by atoms with Crippen LogP contribution in [0.15, 0.2) is 24.3 Å². The number of nitriles is 1. The van der Waals surface area contributed by atoms with E-state index in [9.17, 15) is 22.8 Å². The molecule has 0 spiro atoms. The minimum atomic E-state index is -4.50. The third-order valence-electron chi connectivity index (χ3n) is 3.72. The molecule has 1 aromatic rings. The average molecular weight is 340 g/mol. The number of hydrogen-bond acceptors (Lipinski definition) is 4. The van der Waals surface area contributed by atoms with Crippen molar-refractivity contribution in [1.29, 1.82) is 5.26 Å². The topological polar surface area (TPSA) is 70.4 Å². The van der Waals surface area contributed by atoms with Crippen LogP contribution in [0.4, 0.5) is 13.2 Å². The van der Waals surface area contributed by atoms with Crippen molar-refractivity contribution < 1.29 is 27.5 Å². The summed E-state index contributed by atoms with van der Waals surface area (Å²) in [5, 5.41) is 8.73. The van der Waals surface area contributed by atoms with Crippen molar-refractivity contribution >= 4 is 11.9 Å². The number of carbonyl (C=O) groups excluding carboxylic acids is 2. The number of halogens is 3. The SMILES string of the molecule is C[C@@H](OC(=O)[C@@H]1CC(=O)N(CC(F)(F)F)C1)c1ccc(C#N)cc1. The van der Waals surface area contributed by atoms with E-state index >= 15 is 0 Å². The van der Waals surface area contributed by atoms with Gasteiger partial charge in [0.15, 0.2) is 0 Å². The van der Waals surface area contributed by atoms with Gasteiger partial charge in [-0.2, -0.15) is 18.4 Å². The van der Waals surface area contributed by atoms with E-state index in [4.69, 9.17) is 10.00 Å². The first-order chi connectivity index (χ1) is 11.2. The second-order valence-corrected chi connectivity index (χ2v) is 5.60. The molecule has 1 aliphatic heterocycles. The minimum absolute atomic E-state index is 0.283. The molecule has 0 unspecified atom stereocenters. The second kappa shape index (κ2) is 6.91. The smallest absolute Gasteiger partial charge is 0.406 e. The van der Waals surface area contributed by atoms with Crippen molar-refractivity contribution in [2.75, 3.05) is 13.1 Å². The highest BCUT2D eigenvalue weighted by molar-refractivity contribution is 5.86. The van der Waals surface area contributed by atoms with Gasteiger partial charge in [0.05, 0.1) is 17.6 Å². The van der Waals surface area contributed by atoms with Gasteiger partial charge in [0.25, 0.3) is 0 Å². The zero-order valence-electron chi connectivity index (χ0n) is 12.8. The molecule has 1 fully saturated rings. The van der Waals surface area contributed by atoms with E-state index in [2.05, 4.69) is 0 Å². The summed E-state index contributed by atoms with van der Waals surface area (Å²) in [6, 6.07) is 8.37. The molecule has 0 aromatic heterocycles. The number of likely N-dealkylation sites (tertiary alicyclic amines) is 1. The Balaban J connectivity index is 1.95. The first-order valence-electron chi connectivity index (χ1n) is 7.24. The quantitative estimate of drug-likeness (QED) is 0.790. The molecule has 1 aromatic carbocycles. The van der Waals surface area contributed by atoms with Gasteiger partial charge < -0.3 is 9.64 Å². The number of esters is 1. The molecule has 1 aliphatic rings. The van der Waals surface area contributed by atoms with Gasteiger partial charge in [-0.25, -0.2) is 0 Å². The molecule has 0 bridgehead atoms. The van der Waals surface area contributed by atoms with Gasteiger partial charge in [0.2, 0.25) is 5.91 Å². The van der Waals surface area contributed by atoms with Crippen LogP contribution in [-0.4, -0.2) is 36.0 Å².